The highest BCUT2D eigenvalue weighted by Crippen LogP contribution is 2.32. The molecule has 108 valence electrons. The molecule has 0 unspecified atom stereocenters. The number of hydrogen-bond donors (Lipinski definition) is 1. The van der Waals surface area contributed by atoms with E-state index in [0.29, 0.717) is 23.6 Å². The Labute approximate surface area is 123 Å². The predicted molar refractivity (Wildman–Crippen MR) is 79.6 cm³/mol. The summed E-state index contributed by atoms with van der Waals surface area (Å²) in [5, 5.41) is 2.91. The van der Waals surface area contributed by atoms with Gasteiger partial charge in [0.1, 0.15) is 0 Å². The van der Waals surface area contributed by atoms with E-state index in [0.717, 1.165) is 12.0 Å². The van der Waals surface area contributed by atoms with Crippen LogP contribution >= 0.6 is 0 Å². The van der Waals surface area contributed by atoms with Crippen LogP contribution in [0.2, 0.25) is 0 Å². The summed E-state index contributed by atoms with van der Waals surface area (Å²) < 4.78 is 10.5. The van der Waals surface area contributed by atoms with E-state index >= 15 is 0 Å². The average Bonchev–Trinajstić information content (AvgIpc) is 3.00. The van der Waals surface area contributed by atoms with Crippen molar-refractivity contribution in [2.24, 2.45) is 0 Å². The minimum Gasteiger partial charge on any atom is -0.454 e. The normalized spacial score (nSPS) is 12.2. The molecule has 4 nitrogen and oxygen atoms in total. The number of ether oxygens (including phenoxy) is 2. The van der Waals surface area contributed by atoms with Crippen molar-refractivity contribution in [1.82, 2.24) is 5.32 Å². The van der Waals surface area contributed by atoms with Crippen LogP contribution in [0.25, 0.3) is 0 Å². The summed E-state index contributed by atoms with van der Waals surface area (Å²) in [7, 11) is 0. The topological polar surface area (TPSA) is 47.6 Å². The Bertz CT molecular complexity index is 650. The van der Waals surface area contributed by atoms with Crippen molar-refractivity contribution in [3.63, 3.8) is 0 Å². The highest BCUT2D eigenvalue weighted by molar-refractivity contribution is 5.94. The van der Waals surface area contributed by atoms with Crippen molar-refractivity contribution in [2.75, 3.05) is 6.79 Å². The maximum atomic E-state index is 12.1. The maximum Gasteiger partial charge on any atom is 0.251 e. The van der Waals surface area contributed by atoms with Gasteiger partial charge in [0.25, 0.3) is 5.91 Å². The molecule has 0 atom stereocenters. The van der Waals surface area contributed by atoms with Gasteiger partial charge >= 0.3 is 0 Å². The zero-order valence-electron chi connectivity index (χ0n) is 11.9. The van der Waals surface area contributed by atoms with E-state index in [1.54, 1.807) is 18.2 Å². The molecule has 0 aromatic heterocycles. The van der Waals surface area contributed by atoms with Crippen LogP contribution in [-0.2, 0) is 13.0 Å². The van der Waals surface area contributed by atoms with Crippen molar-refractivity contribution >= 4 is 5.91 Å². The van der Waals surface area contributed by atoms with Gasteiger partial charge in [-0.05, 0) is 35.7 Å². The van der Waals surface area contributed by atoms with E-state index in [2.05, 4.69) is 24.4 Å². The minimum absolute atomic E-state index is 0.118. The molecule has 1 aliphatic heterocycles. The van der Waals surface area contributed by atoms with Crippen LogP contribution < -0.4 is 14.8 Å². The fraction of sp³-hybridized carbons (Fsp3) is 0.235. The molecule has 0 saturated heterocycles. The van der Waals surface area contributed by atoms with Crippen LogP contribution in [0.4, 0.5) is 0 Å². The van der Waals surface area contributed by atoms with Crippen LogP contribution in [0.3, 0.4) is 0 Å². The largest absolute Gasteiger partial charge is 0.454 e. The fourth-order valence-electron chi connectivity index (χ4n) is 2.21. The Morgan fingerprint density at radius 3 is 2.52 bits per heavy atom. The van der Waals surface area contributed by atoms with Crippen molar-refractivity contribution in [3.8, 4) is 11.5 Å². The van der Waals surface area contributed by atoms with Gasteiger partial charge < -0.3 is 14.8 Å². The zero-order valence-corrected chi connectivity index (χ0v) is 11.9. The first-order valence-electron chi connectivity index (χ1n) is 7.02. The second-order valence-corrected chi connectivity index (χ2v) is 4.92. The third-order valence-corrected chi connectivity index (χ3v) is 3.52. The van der Waals surface area contributed by atoms with Crippen LogP contribution in [0, 0.1) is 0 Å². The van der Waals surface area contributed by atoms with Crippen LogP contribution in [-0.4, -0.2) is 12.7 Å². The summed E-state index contributed by atoms with van der Waals surface area (Å²) in [6.45, 7) is 2.85. The summed E-state index contributed by atoms with van der Waals surface area (Å²) in [5.74, 6) is 1.18. The monoisotopic (exact) mass is 283 g/mol. The molecule has 1 amide bonds. The third-order valence-electron chi connectivity index (χ3n) is 3.52. The van der Waals surface area contributed by atoms with Crippen molar-refractivity contribution in [1.29, 1.82) is 0 Å². The molecule has 0 fully saturated rings. The number of fused-ring (bicyclic) bond motifs is 1. The van der Waals surface area contributed by atoms with E-state index in [-0.39, 0.29) is 12.7 Å². The Morgan fingerprint density at radius 1 is 1.05 bits per heavy atom. The van der Waals surface area contributed by atoms with E-state index in [1.807, 2.05) is 12.1 Å². The molecule has 0 bridgehead atoms. The molecule has 1 aliphatic rings. The lowest BCUT2D eigenvalue weighted by Gasteiger charge is -2.07. The molecular formula is C17H17NO3. The van der Waals surface area contributed by atoms with Gasteiger partial charge in [0.15, 0.2) is 11.5 Å². The van der Waals surface area contributed by atoms with Crippen molar-refractivity contribution < 1.29 is 14.3 Å². The lowest BCUT2D eigenvalue weighted by atomic mass is 10.1. The standard InChI is InChI=1S/C17H17NO3/c1-2-12-3-5-13(6-4-12)10-18-17(19)14-7-8-15-16(9-14)21-11-20-15/h3-9H,2,10-11H2,1H3,(H,18,19). The van der Waals surface area contributed by atoms with E-state index in [1.165, 1.54) is 5.56 Å². The molecule has 1 heterocycles. The number of amides is 1. The van der Waals surface area contributed by atoms with Crippen LogP contribution in [0.1, 0.15) is 28.4 Å². The molecule has 0 spiro atoms. The van der Waals surface area contributed by atoms with Gasteiger partial charge in [0.05, 0.1) is 0 Å². The highest BCUT2D eigenvalue weighted by atomic mass is 16.7. The number of benzene rings is 2. The molecule has 4 heteroatoms. The summed E-state index contributed by atoms with van der Waals surface area (Å²) in [6.07, 6.45) is 1.02. The molecule has 2 aromatic rings. The molecule has 3 rings (SSSR count). The summed E-state index contributed by atoms with van der Waals surface area (Å²) in [6, 6.07) is 13.5. The Balaban J connectivity index is 1.63. The minimum atomic E-state index is -0.118. The first-order valence-corrected chi connectivity index (χ1v) is 7.02. The fourth-order valence-corrected chi connectivity index (χ4v) is 2.21. The maximum absolute atomic E-state index is 12.1. The van der Waals surface area contributed by atoms with Gasteiger partial charge in [0, 0.05) is 12.1 Å². The number of rotatable bonds is 4. The van der Waals surface area contributed by atoms with Crippen molar-refractivity contribution in [3.05, 3.63) is 59.2 Å². The van der Waals surface area contributed by atoms with Crippen LogP contribution in [0.15, 0.2) is 42.5 Å². The summed E-state index contributed by atoms with van der Waals surface area (Å²) >= 11 is 0. The number of aryl methyl sites for hydroxylation is 1. The van der Waals surface area contributed by atoms with Gasteiger partial charge in [-0.25, -0.2) is 0 Å². The average molecular weight is 283 g/mol. The second-order valence-electron chi connectivity index (χ2n) is 4.92. The second kappa shape index (κ2) is 5.87. The summed E-state index contributed by atoms with van der Waals surface area (Å²) in [5.41, 5.74) is 2.95. The highest BCUT2D eigenvalue weighted by Gasteiger charge is 2.15. The molecule has 0 aliphatic carbocycles. The Kier molecular flexibility index (Phi) is 3.77. The van der Waals surface area contributed by atoms with Gasteiger partial charge in [0.2, 0.25) is 6.79 Å². The lowest BCUT2D eigenvalue weighted by molar-refractivity contribution is 0.0950. The van der Waals surface area contributed by atoms with Crippen molar-refractivity contribution in [2.45, 2.75) is 19.9 Å². The smallest absolute Gasteiger partial charge is 0.251 e. The molecule has 2 aromatic carbocycles. The van der Waals surface area contributed by atoms with E-state index < -0.39 is 0 Å². The number of hydrogen-bond acceptors (Lipinski definition) is 3. The lowest BCUT2D eigenvalue weighted by Crippen LogP contribution is -2.22. The van der Waals surface area contributed by atoms with Gasteiger partial charge in [-0.3, -0.25) is 4.79 Å². The van der Waals surface area contributed by atoms with Gasteiger partial charge in [-0.15, -0.1) is 0 Å². The number of nitrogens with one attached hydrogen (secondary N) is 1. The van der Waals surface area contributed by atoms with E-state index in [9.17, 15) is 4.79 Å². The Morgan fingerprint density at radius 2 is 1.76 bits per heavy atom. The molecular weight excluding hydrogens is 266 g/mol. The van der Waals surface area contributed by atoms with E-state index in [4.69, 9.17) is 9.47 Å². The Hall–Kier alpha value is -2.49. The first kappa shape index (κ1) is 13.5. The summed E-state index contributed by atoms with van der Waals surface area (Å²) in [4.78, 5) is 12.1. The number of carbonyl (C=O) groups excluding carboxylic acids is 1. The van der Waals surface area contributed by atoms with Gasteiger partial charge in [-0.2, -0.15) is 0 Å². The zero-order chi connectivity index (χ0) is 14.7. The van der Waals surface area contributed by atoms with Crippen LogP contribution in [0.5, 0.6) is 11.5 Å². The SMILES string of the molecule is CCc1ccc(CNC(=O)c2ccc3c(c2)OCO3)cc1. The first-order chi connectivity index (χ1) is 10.3. The molecule has 0 radical (unpaired) electrons. The molecule has 1 N–H and O–H groups in total. The molecule has 0 saturated carbocycles. The predicted octanol–water partition coefficient (Wildman–Crippen LogP) is 2.91. The van der Waals surface area contributed by atoms with Gasteiger partial charge in [-0.1, -0.05) is 31.2 Å². The quantitative estimate of drug-likeness (QED) is 0.938. The molecule has 21 heavy (non-hydrogen) atoms. The third kappa shape index (κ3) is 2.99. The number of carbonyl (C=O) groups is 1.